The summed E-state index contributed by atoms with van der Waals surface area (Å²) in [6, 6.07) is 0.340. The molecule has 88 valence electrons. The fourth-order valence-corrected chi connectivity index (χ4v) is 2.94. The first-order valence-electron chi connectivity index (χ1n) is 5.70. The number of rotatable bonds is 1. The van der Waals surface area contributed by atoms with Crippen molar-refractivity contribution in [3.63, 3.8) is 0 Å². The van der Waals surface area contributed by atoms with Crippen molar-refractivity contribution in [2.24, 2.45) is 0 Å². The average Bonchev–Trinajstić information content (AvgIpc) is 2.77. The summed E-state index contributed by atoms with van der Waals surface area (Å²) in [6.45, 7) is 3.86. The van der Waals surface area contributed by atoms with Crippen molar-refractivity contribution in [2.45, 2.75) is 45.6 Å². The molecule has 1 aromatic heterocycles. The number of nitrogen functional groups attached to an aromatic ring is 1. The summed E-state index contributed by atoms with van der Waals surface area (Å²) in [7, 11) is 0. The summed E-state index contributed by atoms with van der Waals surface area (Å²) >= 11 is 3.52. The molecule has 1 aromatic rings. The molecule has 1 aliphatic carbocycles. The molecular formula is C12H17BrN2O. The molecule has 0 amide bonds. The highest BCUT2D eigenvalue weighted by atomic mass is 79.9. The molecule has 1 aliphatic rings. The zero-order valence-corrected chi connectivity index (χ0v) is 11.3. The van der Waals surface area contributed by atoms with Gasteiger partial charge in [-0.2, -0.15) is 0 Å². The van der Waals surface area contributed by atoms with Crippen LogP contribution in [0.3, 0.4) is 0 Å². The summed E-state index contributed by atoms with van der Waals surface area (Å²) in [4.78, 5) is 12.2. The highest BCUT2D eigenvalue weighted by Gasteiger charge is 2.22. The van der Waals surface area contributed by atoms with E-state index in [1.54, 1.807) is 0 Å². The number of pyridine rings is 1. The van der Waals surface area contributed by atoms with E-state index in [4.69, 9.17) is 5.73 Å². The smallest absolute Gasteiger partial charge is 0.274 e. The predicted molar refractivity (Wildman–Crippen MR) is 69.8 cm³/mol. The first-order chi connectivity index (χ1) is 7.54. The largest absolute Gasteiger partial charge is 0.394 e. The number of hydrogen-bond donors (Lipinski definition) is 1. The van der Waals surface area contributed by atoms with Gasteiger partial charge in [0.15, 0.2) is 0 Å². The van der Waals surface area contributed by atoms with E-state index in [0.29, 0.717) is 11.7 Å². The number of nitrogens with two attached hydrogens (primary N) is 1. The van der Waals surface area contributed by atoms with Crippen LogP contribution in [0, 0.1) is 13.8 Å². The number of halogens is 1. The van der Waals surface area contributed by atoms with Crippen LogP contribution in [-0.4, -0.2) is 4.57 Å². The van der Waals surface area contributed by atoms with Gasteiger partial charge in [-0.25, -0.2) is 0 Å². The van der Waals surface area contributed by atoms with Crippen LogP contribution in [0.25, 0.3) is 0 Å². The average molecular weight is 285 g/mol. The van der Waals surface area contributed by atoms with E-state index in [0.717, 1.165) is 28.6 Å². The lowest BCUT2D eigenvalue weighted by atomic mass is 10.1. The van der Waals surface area contributed by atoms with Crippen molar-refractivity contribution < 1.29 is 0 Å². The molecule has 0 aliphatic heterocycles. The number of anilines is 1. The molecule has 1 heterocycles. The van der Waals surface area contributed by atoms with Crippen LogP contribution in [-0.2, 0) is 0 Å². The van der Waals surface area contributed by atoms with E-state index in [9.17, 15) is 4.79 Å². The lowest BCUT2D eigenvalue weighted by molar-refractivity contribution is 0.490. The maximum atomic E-state index is 12.2. The molecule has 0 saturated heterocycles. The van der Waals surface area contributed by atoms with E-state index < -0.39 is 0 Å². The Bertz CT molecular complexity index is 473. The van der Waals surface area contributed by atoms with E-state index >= 15 is 0 Å². The lowest BCUT2D eigenvalue weighted by Crippen LogP contribution is -2.29. The van der Waals surface area contributed by atoms with Gasteiger partial charge in [-0.3, -0.25) is 4.79 Å². The SMILES string of the molecule is Cc1c(Br)c(C)n(C2CCCC2)c(=O)c1N. The summed E-state index contributed by atoms with van der Waals surface area (Å²) < 4.78 is 2.84. The maximum Gasteiger partial charge on any atom is 0.274 e. The van der Waals surface area contributed by atoms with Crippen molar-refractivity contribution in [1.82, 2.24) is 4.57 Å². The minimum Gasteiger partial charge on any atom is -0.394 e. The fraction of sp³-hybridized carbons (Fsp3) is 0.583. The third kappa shape index (κ3) is 1.69. The van der Waals surface area contributed by atoms with E-state index in [1.165, 1.54) is 12.8 Å². The Kier molecular flexibility index (Phi) is 3.10. The minimum atomic E-state index is -0.0231. The zero-order valence-electron chi connectivity index (χ0n) is 9.72. The van der Waals surface area contributed by atoms with Gasteiger partial charge in [0.05, 0.1) is 0 Å². The van der Waals surface area contributed by atoms with Crippen molar-refractivity contribution >= 4 is 21.6 Å². The second kappa shape index (κ2) is 4.24. The number of aromatic nitrogens is 1. The van der Waals surface area contributed by atoms with E-state index in [2.05, 4.69) is 15.9 Å². The molecule has 0 bridgehead atoms. The normalized spacial score (nSPS) is 16.9. The van der Waals surface area contributed by atoms with Gasteiger partial charge in [0.25, 0.3) is 5.56 Å². The van der Waals surface area contributed by atoms with Gasteiger partial charge in [-0.05, 0) is 48.2 Å². The summed E-state index contributed by atoms with van der Waals surface area (Å²) in [6.07, 6.45) is 4.61. The first-order valence-corrected chi connectivity index (χ1v) is 6.50. The molecule has 0 unspecified atom stereocenters. The summed E-state index contributed by atoms with van der Waals surface area (Å²) in [5.74, 6) is 0. The molecule has 4 heteroatoms. The third-order valence-electron chi connectivity index (χ3n) is 3.55. The highest BCUT2D eigenvalue weighted by Crippen LogP contribution is 2.32. The molecule has 1 saturated carbocycles. The molecule has 1 fully saturated rings. The Labute approximate surface area is 104 Å². The van der Waals surface area contributed by atoms with Gasteiger partial charge in [0.2, 0.25) is 0 Å². The van der Waals surface area contributed by atoms with Crippen LogP contribution in [0.1, 0.15) is 43.0 Å². The lowest BCUT2D eigenvalue weighted by Gasteiger charge is -2.20. The molecule has 2 N–H and O–H groups in total. The number of nitrogens with zero attached hydrogens (tertiary/aromatic N) is 1. The monoisotopic (exact) mass is 284 g/mol. The van der Waals surface area contributed by atoms with Crippen molar-refractivity contribution in [1.29, 1.82) is 0 Å². The second-order valence-electron chi connectivity index (χ2n) is 4.55. The minimum absolute atomic E-state index is 0.0231. The molecule has 2 rings (SSSR count). The van der Waals surface area contributed by atoms with Crippen LogP contribution in [0.15, 0.2) is 9.27 Å². The molecule has 0 radical (unpaired) electrons. The standard InChI is InChI=1S/C12H17BrN2O/c1-7-10(13)8(2)15(12(16)11(7)14)9-5-3-4-6-9/h9H,3-6,14H2,1-2H3. The second-order valence-corrected chi connectivity index (χ2v) is 5.34. The summed E-state index contributed by atoms with van der Waals surface area (Å²) in [5, 5.41) is 0. The van der Waals surface area contributed by atoms with Crippen LogP contribution >= 0.6 is 15.9 Å². The fourth-order valence-electron chi connectivity index (χ4n) is 2.54. The zero-order chi connectivity index (χ0) is 11.9. The molecule has 0 aromatic carbocycles. The van der Waals surface area contributed by atoms with E-state index in [-0.39, 0.29) is 5.56 Å². The van der Waals surface area contributed by atoms with Gasteiger partial charge < -0.3 is 10.3 Å². The highest BCUT2D eigenvalue weighted by molar-refractivity contribution is 9.10. The van der Waals surface area contributed by atoms with Crippen molar-refractivity contribution in [2.75, 3.05) is 5.73 Å². The molecule has 3 nitrogen and oxygen atoms in total. The quantitative estimate of drug-likeness (QED) is 0.862. The maximum absolute atomic E-state index is 12.2. The topological polar surface area (TPSA) is 48.0 Å². The van der Waals surface area contributed by atoms with Gasteiger partial charge >= 0.3 is 0 Å². The number of hydrogen-bond acceptors (Lipinski definition) is 2. The van der Waals surface area contributed by atoms with Crippen LogP contribution in [0.5, 0.6) is 0 Å². The van der Waals surface area contributed by atoms with Crippen LogP contribution in [0.4, 0.5) is 5.69 Å². The molecule has 0 atom stereocenters. The Hall–Kier alpha value is -0.770. The Morgan fingerprint density at radius 2 is 1.88 bits per heavy atom. The third-order valence-corrected chi connectivity index (χ3v) is 4.72. The molecule has 0 spiro atoms. The van der Waals surface area contributed by atoms with Gasteiger partial charge in [0, 0.05) is 16.2 Å². The Morgan fingerprint density at radius 1 is 1.31 bits per heavy atom. The molecular weight excluding hydrogens is 268 g/mol. The van der Waals surface area contributed by atoms with Crippen LogP contribution in [0.2, 0.25) is 0 Å². The van der Waals surface area contributed by atoms with Gasteiger partial charge in [-0.15, -0.1) is 0 Å². The first kappa shape index (κ1) is 11.7. The molecule has 16 heavy (non-hydrogen) atoms. The van der Waals surface area contributed by atoms with E-state index in [1.807, 2.05) is 18.4 Å². The van der Waals surface area contributed by atoms with Crippen LogP contribution < -0.4 is 11.3 Å². The predicted octanol–water partition coefficient (Wildman–Crippen LogP) is 2.92. The van der Waals surface area contributed by atoms with Crippen molar-refractivity contribution in [3.05, 3.63) is 26.1 Å². The Balaban J connectivity index is 2.64. The van der Waals surface area contributed by atoms with Gasteiger partial charge in [-0.1, -0.05) is 12.8 Å². The van der Waals surface area contributed by atoms with Gasteiger partial charge in [0.1, 0.15) is 5.69 Å². The van der Waals surface area contributed by atoms with Crippen molar-refractivity contribution in [3.8, 4) is 0 Å². The summed E-state index contributed by atoms with van der Waals surface area (Å²) in [5.41, 5.74) is 8.07. The Morgan fingerprint density at radius 3 is 2.44 bits per heavy atom.